The molecule has 0 bridgehead atoms. The zero-order valence-corrected chi connectivity index (χ0v) is 9.66. The van der Waals surface area contributed by atoms with E-state index in [2.05, 4.69) is 36.5 Å². The molecule has 0 saturated heterocycles. The molecule has 1 aromatic carbocycles. The molecule has 0 saturated carbocycles. The van der Waals surface area contributed by atoms with Crippen LogP contribution in [0.3, 0.4) is 0 Å². The molecule has 0 aliphatic heterocycles. The minimum atomic E-state index is -0.223. The van der Waals surface area contributed by atoms with Crippen LogP contribution in [-0.2, 0) is 13.0 Å². The van der Waals surface area contributed by atoms with Gasteiger partial charge in [0.2, 0.25) is 0 Å². The summed E-state index contributed by atoms with van der Waals surface area (Å²) in [4.78, 5) is 0. The fourth-order valence-corrected chi connectivity index (χ4v) is 1.49. The first-order chi connectivity index (χ1) is 7.26. The lowest BCUT2D eigenvalue weighted by molar-refractivity contribution is 0.167. The van der Waals surface area contributed by atoms with Gasteiger partial charge in [0.05, 0.1) is 6.10 Å². The molecule has 1 unspecified atom stereocenters. The maximum atomic E-state index is 9.37. The van der Waals surface area contributed by atoms with Gasteiger partial charge in [0.1, 0.15) is 0 Å². The monoisotopic (exact) mass is 207 g/mol. The van der Waals surface area contributed by atoms with E-state index in [4.69, 9.17) is 0 Å². The first-order valence-electron chi connectivity index (χ1n) is 5.72. The van der Waals surface area contributed by atoms with Gasteiger partial charge in [-0.25, -0.2) is 0 Å². The van der Waals surface area contributed by atoms with Crippen LogP contribution in [0.4, 0.5) is 0 Å². The van der Waals surface area contributed by atoms with Crippen molar-refractivity contribution in [2.75, 3.05) is 6.54 Å². The van der Waals surface area contributed by atoms with Crippen LogP contribution in [0.2, 0.25) is 0 Å². The third-order valence-electron chi connectivity index (χ3n) is 2.58. The lowest BCUT2D eigenvalue weighted by Gasteiger charge is -2.09. The predicted molar refractivity (Wildman–Crippen MR) is 63.8 cm³/mol. The highest BCUT2D eigenvalue weighted by atomic mass is 16.3. The van der Waals surface area contributed by atoms with Gasteiger partial charge in [-0.1, -0.05) is 38.1 Å². The van der Waals surface area contributed by atoms with Crippen LogP contribution in [0, 0.1) is 0 Å². The molecule has 0 heterocycles. The fraction of sp³-hybridized carbons (Fsp3) is 0.538. The van der Waals surface area contributed by atoms with Crippen LogP contribution in [0.25, 0.3) is 0 Å². The molecule has 0 aliphatic rings. The van der Waals surface area contributed by atoms with Gasteiger partial charge in [0, 0.05) is 13.1 Å². The summed E-state index contributed by atoms with van der Waals surface area (Å²) >= 11 is 0. The average Bonchev–Trinajstić information content (AvgIpc) is 2.29. The summed E-state index contributed by atoms with van der Waals surface area (Å²) in [5.74, 6) is 0. The molecule has 0 spiro atoms. The summed E-state index contributed by atoms with van der Waals surface area (Å²) < 4.78 is 0. The van der Waals surface area contributed by atoms with E-state index in [1.165, 1.54) is 11.1 Å². The van der Waals surface area contributed by atoms with Crippen molar-refractivity contribution in [2.45, 2.75) is 39.3 Å². The van der Waals surface area contributed by atoms with Crippen LogP contribution in [0.5, 0.6) is 0 Å². The normalized spacial score (nSPS) is 12.7. The summed E-state index contributed by atoms with van der Waals surface area (Å²) in [6, 6.07) is 8.56. The third-order valence-corrected chi connectivity index (χ3v) is 2.58. The zero-order valence-electron chi connectivity index (χ0n) is 9.66. The molecule has 1 atom stereocenters. The van der Waals surface area contributed by atoms with Crippen molar-refractivity contribution in [1.82, 2.24) is 5.32 Å². The quantitative estimate of drug-likeness (QED) is 0.749. The molecule has 2 heteroatoms. The number of rotatable bonds is 6. The summed E-state index contributed by atoms with van der Waals surface area (Å²) in [6.07, 6.45) is 1.66. The molecule has 2 N–H and O–H groups in total. The maximum absolute atomic E-state index is 9.37. The highest BCUT2D eigenvalue weighted by molar-refractivity contribution is 5.23. The Morgan fingerprint density at radius 1 is 1.27 bits per heavy atom. The van der Waals surface area contributed by atoms with E-state index in [1.54, 1.807) is 0 Å². The van der Waals surface area contributed by atoms with Crippen LogP contribution in [0.1, 0.15) is 31.4 Å². The smallest absolute Gasteiger partial charge is 0.0662 e. The number of benzene rings is 1. The number of aliphatic hydroxyl groups excluding tert-OH is 1. The van der Waals surface area contributed by atoms with Gasteiger partial charge in [-0.05, 0) is 24.0 Å². The average molecular weight is 207 g/mol. The molecule has 15 heavy (non-hydrogen) atoms. The molecule has 0 fully saturated rings. The Morgan fingerprint density at radius 2 is 2.00 bits per heavy atom. The van der Waals surface area contributed by atoms with Gasteiger partial charge in [-0.15, -0.1) is 0 Å². The largest absolute Gasteiger partial charge is 0.392 e. The minimum absolute atomic E-state index is 0.223. The van der Waals surface area contributed by atoms with Crippen LogP contribution >= 0.6 is 0 Å². The molecule has 0 radical (unpaired) electrons. The molecule has 84 valence electrons. The number of aliphatic hydroxyl groups is 1. The Balaban J connectivity index is 2.37. The molecule has 0 aromatic heterocycles. The van der Waals surface area contributed by atoms with Gasteiger partial charge in [-0.3, -0.25) is 0 Å². The molecule has 1 rings (SSSR count). The number of aryl methyl sites for hydroxylation is 1. The van der Waals surface area contributed by atoms with Gasteiger partial charge in [0.15, 0.2) is 0 Å². The molecule has 1 aromatic rings. The number of nitrogens with one attached hydrogen (secondary N) is 1. The Morgan fingerprint density at radius 3 is 2.67 bits per heavy atom. The van der Waals surface area contributed by atoms with E-state index >= 15 is 0 Å². The van der Waals surface area contributed by atoms with Crippen molar-refractivity contribution in [3.05, 3.63) is 35.4 Å². The second-order valence-corrected chi connectivity index (χ2v) is 3.87. The van der Waals surface area contributed by atoms with Crippen molar-refractivity contribution in [2.24, 2.45) is 0 Å². The highest BCUT2D eigenvalue weighted by Crippen LogP contribution is 2.05. The molecule has 0 aliphatic carbocycles. The summed E-state index contributed by atoms with van der Waals surface area (Å²) in [5.41, 5.74) is 2.66. The molecule has 2 nitrogen and oxygen atoms in total. The zero-order chi connectivity index (χ0) is 11.1. The Hall–Kier alpha value is -0.860. The Bertz CT molecular complexity index is 286. The maximum Gasteiger partial charge on any atom is 0.0662 e. The fourth-order valence-electron chi connectivity index (χ4n) is 1.49. The van der Waals surface area contributed by atoms with E-state index in [0.29, 0.717) is 6.54 Å². The van der Waals surface area contributed by atoms with Crippen LogP contribution in [-0.4, -0.2) is 17.8 Å². The third kappa shape index (κ3) is 4.45. The topological polar surface area (TPSA) is 32.3 Å². The van der Waals surface area contributed by atoms with Crippen LogP contribution in [0.15, 0.2) is 24.3 Å². The van der Waals surface area contributed by atoms with E-state index in [0.717, 1.165) is 19.4 Å². The first-order valence-corrected chi connectivity index (χ1v) is 5.72. The second kappa shape index (κ2) is 6.59. The molecular formula is C13H21NO. The van der Waals surface area contributed by atoms with Gasteiger partial charge in [-0.2, -0.15) is 0 Å². The Labute approximate surface area is 92.3 Å². The van der Waals surface area contributed by atoms with Crippen LogP contribution < -0.4 is 5.32 Å². The molecular weight excluding hydrogens is 186 g/mol. The van der Waals surface area contributed by atoms with Gasteiger partial charge in [0.25, 0.3) is 0 Å². The van der Waals surface area contributed by atoms with Gasteiger partial charge >= 0.3 is 0 Å². The van der Waals surface area contributed by atoms with E-state index in [-0.39, 0.29) is 6.10 Å². The number of hydrogen-bond acceptors (Lipinski definition) is 2. The lowest BCUT2D eigenvalue weighted by Crippen LogP contribution is -2.25. The standard InChI is InChI=1S/C13H21NO/c1-3-11-6-5-7-12(8-11)9-14-10-13(15)4-2/h5-8,13-15H,3-4,9-10H2,1-2H3. The van der Waals surface area contributed by atoms with Crippen molar-refractivity contribution in [3.8, 4) is 0 Å². The van der Waals surface area contributed by atoms with E-state index in [1.807, 2.05) is 6.92 Å². The minimum Gasteiger partial charge on any atom is -0.392 e. The Kier molecular flexibility index (Phi) is 5.37. The van der Waals surface area contributed by atoms with E-state index < -0.39 is 0 Å². The lowest BCUT2D eigenvalue weighted by atomic mass is 10.1. The van der Waals surface area contributed by atoms with Crippen molar-refractivity contribution >= 4 is 0 Å². The molecule has 0 amide bonds. The van der Waals surface area contributed by atoms with E-state index in [9.17, 15) is 5.11 Å². The summed E-state index contributed by atoms with van der Waals surface area (Å²) in [6.45, 7) is 5.66. The first kappa shape index (κ1) is 12.2. The SMILES string of the molecule is CCc1cccc(CNCC(O)CC)c1. The van der Waals surface area contributed by atoms with Crippen molar-refractivity contribution < 1.29 is 5.11 Å². The second-order valence-electron chi connectivity index (χ2n) is 3.87. The highest BCUT2D eigenvalue weighted by Gasteiger charge is 1.99. The van der Waals surface area contributed by atoms with Crippen molar-refractivity contribution in [1.29, 1.82) is 0 Å². The predicted octanol–water partition coefficient (Wildman–Crippen LogP) is 2.11. The summed E-state index contributed by atoms with van der Waals surface area (Å²) in [5, 5.41) is 12.6. The van der Waals surface area contributed by atoms with Gasteiger partial charge < -0.3 is 10.4 Å². The van der Waals surface area contributed by atoms with Crippen molar-refractivity contribution in [3.63, 3.8) is 0 Å². The number of hydrogen-bond donors (Lipinski definition) is 2. The summed E-state index contributed by atoms with van der Waals surface area (Å²) in [7, 11) is 0.